The molecule has 0 atom stereocenters. The van der Waals surface area contributed by atoms with Gasteiger partial charge >= 0.3 is 5.69 Å². The van der Waals surface area contributed by atoms with Gasteiger partial charge in [0.25, 0.3) is 12.0 Å². The second-order valence-corrected chi connectivity index (χ2v) is 11.1. The summed E-state index contributed by atoms with van der Waals surface area (Å²) in [5.74, 6) is -0.0649. The van der Waals surface area contributed by atoms with E-state index >= 15 is 0 Å². The molecule has 0 radical (unpaired) electrons. The Bertz CT molecular complexity index is 1580. The molecular formula is C22H20Cl2F2N4O7S. The summed E-state index contributed by atoms with van der Waals surface area (Å²) < 4.78 is 65.3. The highest BCUT2D eigenvalue weighted by atomic mass is 35.5. The number of rotatable bonds is 8. The first kappa shape index (κ1) is 28.0. The van der Waals surface area contributed by atoms with E-state index in [9.17, 15) is 31.9 Å². The second kappa shape index (κ2) is 10.6. The van der Waals surface area contributed by atoms with E-state index in [2.05, 4.69) is 5.10 Å². The summed E-state index contributed by atoms with van der Waals surface area (Å²) in [6, 6.07) is 5.90. The first-order chi connectivity index (χ1) is 17.8. The maximum absolute atomic E-state index is 13.3. The number of halogens is 4. The predicted molar refractivity (Wildman–Crippen MR) is 132 cm³/mol. The van der Waals surface area contributed by atoms with E-state index in [1.807, 2.05) is 0 Å². The van der Waals surface area contributed by atoms with Crippen LogP contribution in [-0.4, -0.2) is 58.9 Å². The van der Waals surface area contributed by atoms with Crippen LogP contribution >= 0.6 is 23.2 Å². The van der Waals surface area contributed by atoms with Crippen LogP contribution in [0, 0.1) is 0 Å². The highest BCUT2D eigenvalue weighted by molar-refractivity contribution is 7.89. The van der Waals surface area contributed by atoms with Crippen LogP contribution in [-0.2, 0) is 10.0 Å². The van der Waals surface area contributed by atoms with Gasteiger partial charge in [0.15, 0.2) is 11.4 Å². The Balaban J connectivity index is 1.70. The van der Waals surface area contributed by atoms with Crippen LogP contribution in [0.2, 0.25) is 10.0 Å². The molecule has 1 saturated carbocycles. The standard InChI is InChI=1S/C22H20Cl2F2N4O7S/c1-29(10-5-12(31)6-10)38(34,35)17-9-13(3-4-16(17)36-2)37-19-14(23)7-11(8-15(19)24)30-22(33)27-21(32)18(28-30)20(25)26/h3-4,7-10,12,20,31H,5-6H2,1-2H3,(H,27,32,33)/t10-,12-. The van der Waals surface area contributed by atoms with Crippen molar-refractivity contribution in [2.75, 3.05) is 14.2 Å². The molecule has 38 heavy (non-hydrogen) atoms. The molecule has 16 heteroatoms. The van der Waals surface area contributed by atoms with Gasteiger partial charge in [0, 0.05) is 19.2 Å². The second-order valence-electron chi connectivity index (χ2n) is 8.31. The van der Waals surface area contributed by atoms with Crippen LogP contribution in [0.15, 0.2) is 44.8 Å². The van der Waals surface area contributed by atoms with Crippen molar-refractivity contribution in [3.8, 4) is 22.9 Å². The molecule has 11 nitrogen and oxygen atoms in total. The third-order valence-electron chi connectivity index (χ3n) is 5.90. The molecule has 1 fully saturated rings. The van der Waals surface area contributed by atoms with E-state index in [4.69, 9.17) is 32.7 Å². The molecule has 1 aromatic heterocycles. The van der Waals surface area contributed by atoms with Crippen LogP contribution in [0.3, 0.4) is 0 Å². The fourth-order valence-corrected chi connectivity index (χ4v) is 5.84. The predicted octanol–water partition coefficient (Wildman–Crippen LogP) is 3.11. The third-order valence-corrected chi connectivity index (χ3v) is 8.39. The summed E-state index contributed by atoms with van der Waals surface area (Å²) in [6.45, 7) is 0. The van der Waals surface area contributed by atoms with Crippen molar-refractivity contribution >= 4 is 33.2 Å². The molecule has 1 aliphatic carbocycles. The molecule has 0 aliphatic heterocycles. The molecule has 2 aromatic carbocycles. The van der Waals surface area contributed by atoms with Gasteiger partial charge in [-0.1, -0.05) is 23.2 Å². The van der Waals surface area contributed by atoms with Crippen LogP contribution in [0.25, 0.3) is 5.69 Å². The topological polar surface area (TPSA) is 144 Å². The fourth-order valence-electron chi connectivity index (χ4n) is 3.74. The minimum absolute atomic E-state index is 0.0160. The van der Waals surface area contributed by atoms with Crippen molar-refractivity contribution < 1.29 is 31.8 Å². The van der Waals surface area contributed by atoms with Gasteiger partial charge in [-0.15, -0.1) is 0 Å². The van der Waals surface area contributed by atoms with E-state index in [1.165, 1.54) is 32.4 Å². The molecule has 0 bridgehead atoms. The van der Waals surface area contributed by atoms with Crippen molar-refractivity contribution in [1.82, 2.24) is 19.1 Å². The van der Waals surface area contributed by atoms with Gasteiger partial charge in [-0.3, -0.25) is 9.78 Å². The zero-order valence-corrected chi connectivity index (χ0v) is 22.0. The number of hydrogen-bond donors (Lipinski definition) is 2. The third kappa shape index (κ3) is 5.27. The van der Waals surface area contributed by atoms with E-state index in [0.29, 0.717) is 17.5 Å². The molecule has 204 valence electrons. The summed E-state index contributed by atoms with van der Waals surface area (Å²) in [6.07, 6.45) is -3.20. The number of methoxy groups -OCH3 is 1. The average molecular weight is 593 g/mol. The number of H-pyrrole nitrogens is 1. The number of benzene rings is 2. The minimum atomic E-state index is -4.05. The monoisotopic (exact) mass is 592 g/mol. The van der Waals surface area contributed by atoms with E-state index in [1.54, 1.807) is 4.98 Å². The Hall–Kier alpha value is -3.04. The molecule has 0 amide bonds. The van der Waals surface area contributed by atoms with Crippen LogP contribution in [0.4, 0.5) is 8.78 Å². The van der Waals surface area contributed by atoms with E-state index < -0.39 is 39.5 Å². The summed E-state index contributed by atoms with van der Waals surface area (Å²) in [5.41, 5.74) is -3.75. The smallest absolute Gasteiger partial charge is 0.349 e. The molecule has 2 N–H and O–H groups in total. The van der Waals surface area contributed by atoms with Crippen molar-refractivity contribution in [2.24, 2.45) is 0 Å². The lowest BCUT2D eigenvalue weighted by molar-refractivity contribution is 0.0395. The maximum atomic E-state index is 13.3. The van der Waals surface area contributed by atoms with Crippen molar-refractivity contribution in [1.29, 1.82) is 0 Å². The van der Waals surface area contributed by atoms with Gasteiger partial charge < -0.3 is 14.6 Å². The lowest BCUT2D eigenvalue weighted by Crippen LogP contribution is -2.47. The summed E-state index contributed by atoms with van der Waals surface area (Å²) >= 11 is 12.6. The Morgan fingerprint density at radius 1 is 1.18 bits per heavy atom. The number of aliphatic hydroxyl groups is 1. The lowest BCUT2D eigenvalue weighted by atomic mass is 9.90. The molecule has 0 unspecified atom stereocenters. The highest BCUT2D eigenvalue weighted by Crippen LogP contribution is 2.40. The molecule has 0 saturated heterocycles. The highest BCUT2D eigenvalue weighted by Gasteiger charge is 2.38. The summed E-state index contributed by atoms with van der Waals surface area (Å²) in [4.78, 5) is 25.3. The number of aromatic amines is 1. The molecule has 4 rings (SSSR count). The van der Waals surface area contributed by atoms with E-state index in [-0.39, 0.29) is 43.9 Å². The van der Waals surface area contributed by atoms with Gasteiger partial charge in [0.2, 0.25) is 10.0 Å². The van der Waals surface area contributed by atoms with Gasteiger partial charge in [-0.2, -0.15) is 14.1 Å². The maximum Gasteiger partial charge on any atom is 0.349 e. The van der Waals surface area contributed by atoms with Crippen LogP contribution in [0.5, 0.6) is 17.2 Å². The number of ether oxygens (including phenoxy) is 2. The molecule has 3 aromatic rings. The van der Waals surface area contributed by atoms with Crippen LogP contribution in [0.1, 0.15) is 25.0 Å². The van der Waals surface area contributed by atoms with Gasteiger partial charge in [-0.05, 0) is 37.1 Å². The Kier molecular flexibility index (Phi) is 7.81. The number of sulfonamides is 1. The SMILES string of the molecule is COc1ccc(Oc2c(Cl)cc(-n3nc(C(F)F)c(=O)[nH]c3=O)cc2Cl)cc1S(=O)(=O)N(C)[C@H]1C[C@H](O)C1. The number of nitrogens with zero attached hydrogens (tertiary/aromatic N) is 3. The van der Waals surface area contributed by atoms with Crippen molar-refractivity contribution in [2.45, 2.75) is 36.3 Å². The van der Waals surface area contributed by atoms with Crippen LogP contribution < -0.4 is 20.7 Å². The lowest BCUT2D eigenvalue weighted by Gasteiger charge is -2.37. The molecule has 1 aliphatic rings. The van der Waals surface area contributed by atoms with Crippen molar-refractivity contribution in [3.63, 3.8) is 0 Å². The van der Waals surface area contributed by atoms with Crippen molar-refractivity contribution in [3.05, 3.63) is 66.9 Å². The Morgan fingerprint density at radius 2 is 1.82 bits per heavy atom. The quantitative estimate of drug-likeness (QED) is 0.406. The Morgan fingerprint density at radius 3 is 2.37 bits per heavy atom. The minimum Gasteiger partial charge on any atom is -0.495 e. The zero-order valence-electron chi connectivity index (χ0n) is 19.7. The Labute approximate surface area is 224 Å². The van der Waals surface area contributed by atoms with Gasteiger partial charge in [0.05, 0.1) is 28.9 Å². The first-order valence-corrected chi connectivity index (χ1v) is 13.1. The van der Waals surface area contributed by atoms with E-state index in [0.717, 1.165) is 16.4 Å². The molecule has 1 heterocycles. The summed E-state index contributed by atoms with van der Waals surface area (Å²) in [7, 11) is -1.34. The molecular weight excluding hydrogens is 573 g/mol. The van der Waals surface area contributed by atoms with Gasteiger partial charge in [-0.25, -0.2) is 22.0 Å². The molecule has 0 spiro atoms. The largest absolute Gasteiger partial charge is 0.495 e. The summed E-state index contributed by atoms with van der Waals surface area (Å²) in [5, 5.41) is 12.6. The first-order valence-electron chi connectivity index (χ1n) is 10.9. The van der Waals surface area contributed by atoms with Gasteiger partial charge in [0.1, 0.15) is 16.4 Å². The number of aliphatic hydroxyl groups excluding tert-OH is 1. The number of aromatic nitrogens is 3. The number of hydrogen-bond acceptors (Lipinski definition) is 8. The number of nitrogens with one attached hydrogen (secondary N) is 1. The fraction of sp³-hybridized carbons (Fsp3) is 0.318. The normalized spacial score (nSPS) is 17.5. The number of alkyl halides is 2. The average Bonchev–Trinajstić information content (AvgIpc) is 2.83. The zero-order chi connectivity index (χ0) is 27.9.